The van der Waals surface area contributed by atoms with Crippen LogP contribution in [-0.4, -0.2) is 9.55 Å². The summed E-state index contributed by atoms with van der Waals surface area (Å²) in [4.78, 5) is 4.75. The maximum Gasteiger partial charge on any atom is 0.106 e. The summed E-state index contributed by atoms with van der Waals surface area (Å²) >= 11 is 0. The third kappa shape index (κ3) is 2.32. The Morgan fingerprint density at radius 3 is 2.24 bits per heavy atom. The van der Waals surface area contributed by atoms with Gasteiger partial charge < -0.3 is 4.57 Å². The first-order valence-corrected chi connectivity index (χ1v) is 9.97. The SMILES string of the molecule is Cc1nc2cc(-c3cc4c5ccccc5ccc4c4ccccc34)ccc2n1C. The molecular weight excluding hydrogens is 352 g/mol. The van der Waals surface area contributed by atoms with E-state index < -0.39 is 0 Å². The molecule has 0 radical (unpaired) electrons. The highest BCUT2D eigenvalue weighted by atomic mass is 15.0. The van der Waals surface area contributed by atoms with Crippen LogP contribution < -0.4 is 0 Å². The number of imidazole rings is 1. The molecule has 0 amide bonds. The molecule has 1 aromatic heterocycles. The minimum Gasteiger partial charge on any atom is -0.331 e. The summed E-state index contributed by atoms with van der Waals surface area (Å²) in [5.41, 5.74) is 4.68. The molecule has 0 spiro atoms. The van der Waals surface area contributed by atoms with Crippen molar-refractivity contribution in [1.29, 1.82) is 0 Å². The number of benzene rings is 5. The minimum atomic E-state index is 1.03. The van der Waals surface area contributed by atoms with Crippen LogP contribution in [0.1, 0.15) is 5.82 Å². The summed E-state index contributed by atoms with van der Waals surface area (Å²) in [7, 11) is 2.07. The Balaban J connectivity index is 1.76. The topological polar surface area (TPSA) is 17.8 Å². The Hall–Kier alpha value is -3.65. The third-order valence-corrected chi connectivity index (χ3v) is 6.18. The van der Waals surface area contributed by atoms with Gasteiger partial charge in [0, 0.05) is 7.05 Å². The normalized spacial score (nSPS) is 11.8. The monoisotopic (exact) mass is 372 g/mol. The smallest absolute Gasteiger partial charge is 0.106 e. The fraction of sp³-hybridized carbons (Fsp3) is 0.0741. The fourth-order valence-corrected chi connectivity index (χ4v) is 4.59. The van der Waals surface area contributed by atoms with Crippen LogP contribution in [0.4, 0.5) is 0 Å². The molecule has 138 valence electrons. The van der Waals surface area contributed by atoms with E-state index in [1.54, 1.807) is 0 Å². The molecule has 1 heterocycles. The summed E-state index contributed by atoms with van der Waals surface area (Å²) in [6, 6.07) is 30.8. The van der Waals surface area contributed by atoms with Crippen molar-refractivity contribution in [1.82, 2.24) is 9.55 Å². The minimum absolute atomic E-state index is 1.03. The predicted molar refractivity (Wildman–Crippen MR) is 123 cm³/mol. The highest BCUT2D eigenvalue weighted by Gasteiger charge is 2.12. The van der Waals surface area contributed by atoms with Gasteiger partial charge in [-0.1, -0.05) is 66.7 Å². The van der Waals surface area contributed by atoms with E-state index in [0.717, 1.165) is 11.3 Å². The molecule has 0 N–H and O–H groups in total. The van der Waals surface area contributed by atoms with Gasteiger partial charge in [-0.05, 0) is 68.6 Å². The van der Waals surface area contributed by atoms with Gasteiger partial charge in [-0.3, -0.25) is 0 Å². The molecular formula is C27H20N2. The van der Waals surface area contributed by atoms with Crippen molar-refractivity contribution in [2.45, 2.75) is 6.92 Å². The molecule has 0 bridgehead atoms. The van der Waals surface area contributed by atoms with Crippen molar-refractivity contribution in [2.24, 2.45) is 7.05 Å². The van der Waals surface area contributed by atoms with Crippen molar-refractivity contribution in [3.05, 3.63) is 90.8 Å². The molecule has 6 rings (SSSR count). The molecule has 5 aromatic carbocycles. The summed E-state index contributed by atoms with van der Waals surface area (Å²) in [6.45, 7) is 2.05. The second kappa shape index (κ2) is 5.92. The van der Waals surface area contributed by atoms with Gasteiger partial charge in [-0.25, -0.2) is 4.98 Å². The summed E-state index contributed by atoms with van der Waals surface area (Å²) in [6.07, 6.45) is 0. The van der Waals surface area contributed by atoms with Gasteiger partial charge in [0.05, 0.1) is 11.0 Å². The van der Waals surface area contributed by atoms with Crippen molar-refractivity contribution in [3.63, 3.8) is 0 Å². The van der Waals surface area contributed by atoms with Crippen LogP contribution in [0.3, 0.4) is 0 Å². The zero-order valence-electron chi connectivity index (χ0n) is 16.5. The highest BCUT2D eigenvalue weighted by Crippen LogP contribution is 2.38. The lowest BCUT2D eigenvalue weighted by molar-refractivity contribution is 0.886. The number of aromatic nitrogens is 2. The highest BCUT2D eigenvalue weighted by molar-refractivity contribution is 6.21. The standard InChI is InChI=1S/C27H20N2/c1-17-28-26-15-19(12-14-27(26)29(17)2)24-16-25-20-8-4-3-7-18(20)11-13-23(25)21-9-5-6-10-22(21)24/h3-16H,1-2H3. The van der Waals surface area contributed by atoms with Crippen molar-refractivity contribution < 1.29 is 0 Å². The Morgan fingerprint density at radius 2 is 1.38 bits per heavy atom. The van der Waals surface area contributed by atoms with Gasteiger partial charge in [0.1, 0.15) is 5.82 Å². The van der Waals surface area contributed by atoms with E-state index in [-0.39, 0.29) is 0 Å². The lowest BCUT2D eigenvalue weighted by atomic mass is 9.91. The largest absolute Gasteiger partial charge is 0.331 e. The number of fused-ring (bicyclic) bond motifs is 6. The molecule has 0 aliphatic rings. The summed E-state index contributed by atoms with van der Waals surface area (Å²) < 4.78 is 2.14. The molecule has 0 unspecified atom stereocenters. The van der Waals surface area contributed by atoms with Crippen LogP contribution >= 0.6 is 0 Å². The fourth-order valence-electron chi connectivity index (χ4n) is 4.59. The molecule has 0 fully saturated rings. The Kier molecular flexibility index (Phi) is 3.33. The van der Waals surface area contributed by atoms with Crippen LogP contribution in [0.2, 0.25) is 0 Å². The average molecular weight is 372 g/mol. The van der Waals surface area contributed by atoms with E-state index in [4.69, 9.17) is 4.98 Å². The van der Waals surface area contributed by atoms with Crippen LogP contribution in [0, 0.1) is 6.92 Å². The zero-order valence-corrected chi connectivity index (χ0v) is 16.5. The molecule has 0 saturated carbocycles. The van der Waals surface area contributed by atoms with Gasteiger partial charge in [-0.15, -0.1) is 0 Å². The molecule has 6 aromatic rings. The maximum atomic E-state index is 4.75. The first-order chi connectivity index (χ1) is 14.2. The van der Waals surface area contributed by atoms with E-state index in [1.165, 1.54) is 49.0 Å². The average Bonchev–Trinajstić information content (AvgIpc) is 3.05. The van der Waals surface area contributed by atoms with Crippen molar-refractivity contribution >= 4 is 43.4 Å². The number of hydrogen-bond donors (Lipinski definition) is 0. The summed E-state index contributed by atoms with van der Waals surface area (Å²) in [5.74, 6) is 1.03. The van der Waals surface area contributed by atoms with E-state index in [9.17, 15) is 0 Å². The van der Waals surface area contributed by atoms with Gasteiger partial charge in [0.2, 0.25) is 0 Å². The number of hydrogen-bond acceptors (Lipinski definition) is 1. The van der Waals surface area contributed by atoms with E-state index in [2.05, 4.69) is 103 Å². The third-order valence-electron chi connectivity index (χ3n) is 6.18. The molecule has 29 heavy (non-hydrogen) atoms. The Morgan fingerprint density at radius 1 is 0.655 bits per heavy atom. The molecule has 0 saturated heterocycles. The van der Waals surface area contributed by atoms with E-state index in [0.29, 0.717) is 0 Å². The molecule has 2 nitrogen and oxygen atoms in total. The Bertz CT molecular complexity index is 1570. The quantitative estimate of drug-likeness (QED) is 0.284. The predicted octanol–water partition coefficient (Wildman–Crippen LogP) is 7.01. The van der Waals surface area contributed by atoms with Crippen molar-refractivity contribution in [2.75, 3.05) is 0 Å². The second-order valence-corrected chi connectivity index (χ2v) is 7.77. The van der Waals surface area contributed by atoms with Gasteiger partial charge in [-0.2, -0.15) is 0 Å². The van der Waals surface area contributed by atoms with Crippen LogP contribution in [0.15, 0.2) is 84.9 Å². The zero-order chi connectivity index (χ0) is 19.5. The molecule has 0 atom stereocenters. The Labute approximate surface area is 169 Å². The number of aryl methyl sites for hydroxylation is 2. The molecule has 0 aliphatic heterocycles. The van der Waals surface area contributed by atoms with Crippen LogP contribution in [0.25, 0.3) is 54.5 Å². The summed E-state index contributed by atoms with van der Waals surface area (Å²) in [5, 5.41) is 7.75. The van der Waals surface area contributed by atoms with Crippen molar-refractivity contribution in [3.8, 4) is 11.1 Å². The second-order valence-electron chi connectivity index (χ2n) is 7.77. The molecule has 2 heteroatoms. The maximum absolute atomic E-state index is 4.75. The van der Waals surface area contributed by atoms with Crippen LogP contribution in [-0.2, 0) is 7.05 Å². The van der Waals surface area contributed by atoms with Crippen LogP contribution in [0.5, 0.6) is 0 Å². The first kappa shape index (κ1) is 16.3. The lowest BCUT2D eigenvalue weighted by Crippen LogP contribution is -1.90. The van der Waals surface area contributed by atoms with Gasteiger partial charge in [0.25, 0.3) is 0 Å². The molecule has 0 aliphatic carbocycles. The lowest BCUT2D eigenvalue weighted by Gasteiger charge is -2.13. The number of rotatable bonds is 1. The van der Waals surface area contributed by atoms with Gasteiger partial charge >= 0.3 is 0 Å². The van der Waals surface area contributed by atoms with E-state index in [1.807, 2.05) is 0 Å². The van der Waals surface area contributed by atoms with E-state index >= 15 is 0 Å². The first-order valence-electron chi connectivity index (χ1n) is 9.97. The van der Waals surface area contributed by atoms with Gasteiger partial charge in [0.15, 0.2) is 0 Å². The number of nitrogens with zero attached hydrogens (tertiary/aromatic N) is 2.